The number of halogens is 3. The molecule has 0 radical (unpaired) electrons. The summed E-state index contributed by atoms with van der Waals surface area (Å²) in [6, 6.07) is 0. The molecule has 0 aromatic carbocycles. The van der Waals surface area contributed by atoms with Crippen molar-refractivity contribution < 1.29 is 17.8 Å². The Morgan fingerprint density at radius 1 is 1.18 bits per heavy atom. The Kier molecular flexibility index (Phi) is 1.46. The average molecular weight is 165 g/mol. The number of hydrogen-bond acceptors (Lipinski definition) is 0. The maximum absolute atomic E-state index is 11.9. The molecule has 0 aromatic rings. The van der Waals surface area contributed by atoms with Gasteiger partial charge in [-0.15, -0.1) is 0 Å². The van der Waals surface area contributed by atoms with Crippen LogP contribution in [0.15, 0.2) is 0 Å². The van der Waals surface area contributed by atoms with Crippen molar-refractivity contribution in [2.24, 2.45) is 11.8 Å². The molecule has 2 aliphatic rings. The molecule has 1 nitrogen and oxygen atoms in total. The number of quaternary nitrogens is 1. The fourth-order valence-electron chi connectivity index (χ4n) is 2.13. The van der Waals surface area contributed by atoms with E-state index in [-0.39, 0.29) is 0 Å². The molecule has 1 aliphatic heterocycles. The van der Waals surface area contributed by atoms with E-state index in [1.807, 2.05) is 0 Å². The number of nitrogens with one attached hydrogen (secondary N) is 1. The van der Waals surface area contributed by atoms with Crippen LogP contribution in [-0.2, 0) is 0 Å². The topological polar surface area (TPSA) is 4.44 Å². The first-order valence-corrected chi connectivity index (χ1v) is 4.09. The van der Waals surface area contributed by atoms with Gasteiger partial charge in [-0.05, 0) is 6.42 Å². The lowest BCUT2D eigenvalue weighted by molar-refractivity contribution is -0.884. The highest BCUT2D eigenvalue weighted by Gasteiger charge is 2.50. The van der Waals surface area contributed by atoms with Gasteiger partial charge in [-0.3, -0.25) is 0 Å². The average Bonchev–Trinajstić information content (AvgIpc) is 2.36. The number of piperidine rings is 1. The van der Waals surface area contributed by atoms with Crippen LogP contribution in [0.1, 0.15) is 6.42 Å². The molecule has 64 valence electrons. The summed E-state index contributed by atoms with van der Waals surface area (Å²) in [5, 5.41) is 0. The molecule has 1 heterocycles. The molecule has 1 saturated heterocycles. The molecule has 1 N–H and O–H groups in total. The Hall–Kier alpha value is -0.185. The van der Waals surface area contributed by atoms with Gasteiger partial charge in [0.15, 0.2) is 0 Å². The van der Waals surface area contributed by atoms with Gasteiger partial charge < -0.3 is 17.8 Å². The van der Waals surface area contributed by atoms with Gasteiger partial charge in [-0.2, -0.15) is 0 Å². The molecule has 0 aromatic heterocycles. The summed E-state index contributed by atoms with van der Waals surface area (Å²) in [5.74, 6) is 1.28. The van der Waals surface area contributed by atoms with Crippen molar-refractivity contribution in [1.29, 1.82) is 0 Å². The van der Waals surface area contributed by atoms with E-state index >= 15 is 0 Å². The van der Waals surface area contributed by atoms with Crippen molar-refractivity contribution in [3.63, 3.8) is 0 Å². The highest BCUT2D eigenvalue weighted by Crippen LogP contribution is 2.38. The van der Waals surface area contributed by atoms with E-state index in [0.29, 0.717) is 11.8 Å². The molecule has 0 amide bonds. The first-order valence-electron chi connectivity index (χ1n) is 4.09. The van der Waals surface area contributed by atoms with Gasteiger partial charge in [0.2, 0.25) is 0 Å². The summed E-state index contributed by atoms with van der Waals surface area (Å²) in [4.78, 5) is 0.763. The van der Waals surface area contributed by atoms with Crippen molar-refractivity contribution in [1.82, 2.24) is 0 Å². The van der Waals surface area contributed by atoms with Gasteiger partial charge in [0.25, 0.3) is 0 Å². The molecule has 1 saturated carbocycles. The normalized spacial score (nSPS) is 42.3. The standard InChI is InChI=1S/C6H10BF3N/c8-7(9,10)4-11-2-5-1-6(5)3-11/h5-6H,1-4H2/q-1/p+1. The highest BCUT2D eigenvalue weighted by atomic mass is 19.4. The fraction of sp³-hybridized carbons (Fsp3) is 1.00. The second kappa shape index (κ2) is 2.15. The van der Waals surface area contributed by atoms with Crippen molar-refractivity contribution in [2.45, 2.75) is 6.42 Å². The number of fused-ring (bicyclic) bond motifs is 1. The second-order valence-corrected chi connectivity index (χ2v) is 3.83. The molecule has 1 aliphatic carbocycles. The molecule has 0 spiro atoms. The van der Waals surface area contributed by atoms with Crippen LogP contribution in [0.3, 0.4) is 0 Å². The Bertz CT molecular complexity index is 160. The second-order valence-electron chi connectivity index (χ2n) is 3.83. The van der Waals surface area contributed by atoms with Crippen LogP contribution >= 0.6 is 0 Å². The Labute approximate surface area is 63.6 Å². The van der Waals surface area contributed by atoms with E-state index in [4.69, 9.17) is 0 Å². The minimum atomic E-state index is -4.55. The quantitative estimate of drug-likeness (QED) is 0.545. The molecule has 2 fully saturated rings. The van der Waals surface area contributed by atoms with Crippen molar-refractivity contribution in [3.8, 4) is 0 Å². The SMILES string of the molecule is F[B-](F)(F)C[NH+]1CC2CC2C1. The van der Waals surface area contributed by atoms with E-state index in [1.165, 1.54) is 6.42 Å². The number of rotatable bonds is 2. The van der Waals surface area contributed by atoms with Gasteiger partial charge in [0.1, 0.15) is 0 Å². The lowest BCUT2D eigenvalue weighted by atomic mass is 9.91. The summed E-state index contributed by atoms with van der Waals surface area (Å²) in [7, 11) is 0. The molecular formula is C6H11BF3N. The third kappa shape index (κ3) is 1.69. The lowest BCUT2D eigenvalue weighted by Crippen LogP contribution is -3.12. The zero-order valence-electron chi connectivity index (χ0n) is 6.19. The predicted octanol–water partition coefficient (Wildman–Crippen LogP) is -0.0924. The van der Waals surface area contributed by atoms with Gasteiger partial charge in [-0.25, -0.2) is 0 Å². The molecule has 2 atom stereocenters. The van der Waals surface area contributed by atoms with Crippen LogP contribution in [0.4, 0.5) is 12.9 Å². The van der Waals surface area contributed by atoms with Crippen LogP contribution in [0, 0.1) is 11.8 Å². The maximum Gasteiger partial charge on any atom is 0.531 e. The summed E-state index contributed by atoms with van der Waals surface area (Å²) in [5.41, 5.74) is 0. The van der Waals surface area contributed by atoms with Crippen molar-refractivity contribution >= 4 is 6.98 Å². The number of likely N-dealkylation sites (tertiary alicyclic amines) is 1. The predicted molar refractivity (Wildman–Crippen MR) is 36.2 cm³/mol. The smallest absolute Gasteiger partial charge is 0.445 e. The van der Waals surface area contributed by atoms with E-state index in [1.54, 1.807) is 0 Å². The highest BCUT2D eigenvalue weighted by molar-refractivity contribution is 6.58. The minimum Gasteiger partial charge on any atom is -0.445 e. The number of hydrogen-bond donors (Lipinski definition) is 1. The van der Waals surface area contributed by atoms with E-state index in [0.717, 1.165) is 18.0 Å². The minimum absolute atomic E-state index is 0.562. The Balaban J connectivity index is 1.80. The van der Waals surface area contributed by atoms with Crippen LogP contribution in [0.5, 0.6) is 0 Å². The zero-order chi connectivity index (χ0) is 8.06. The summed E-state index contributed by atoms with van der Waals surface area (Å²) < 4.78 is 35.7. The van der Waals surface area contributed by atoms with Gasteiger partial charge in [0, 0.05) is 11.8 Å². The summed E-state index contributed by atoms with van der Waals surface area (Å²) in [6.07, 6.45) is 0.626. The Morgan fingerprint density at radius 2 is 1.73 bits per heavy atom. The monoisotopic (exact) mass is 165 g/mol. The first-order chi connectivity index (χ1) is 5.04. The first kappa shape index (κ1) is 7.46. The van der Waals surface area contributed by atoms with E-state index < -0.39 is 13.4 Å². The van der Waals surface area contributed by atoms with Crippen LogP contribution in [0.2, 0.25) is 0 Å². The summed E-state index contributed by atoms with van der Waals surface area (Å²) >= 11 is 0. The Morgan fingerprint density at radius 3 is 2.18 bits per heavy atom. The largest absolute Gasteiger partial charge is 0.531 e. The van der Waals surface area contributed by atoms with Gasteiger partial charge >= 0.3 is 6.98 Å². The van der Waals surface area contributed by atoms with Crippen molar-refractivity contribution in [3.05, 3.63) is 0 Å². The molecule has 11 heavy (non-hydrogen) atoms. The zero-order valence-corrected chi connectivity index (χ0v) is 6.19. The maximum atomic E-state index is 11.9. The van der Waals surface area contributed by atoms with E-state index in [9.17, 15) is 12.9 Å². The van der Waals surface area contributed by atoms with Crippen molar-refractivity contribution in [2.75, 3.05) is 19.5 Å². The van der Waals surface area contributed by atoms with E-state index in [2.05, 4.69) is 0 Å². The van der Waals surface area contributed by atoms with Gasteiger partial charge in [0.05, 0.1) is 19.5 Å². The van der Waals surface area contributed by atoms with Crippen LogP contribution in [-0.4, -0.2) is 26.5 Å². The lowest BCUT2D eigenvalue weighted by Gasteiger charge is -2.21. The third-order valence-corrected chi connectivity index (χ3v) is 2.69. The molecule has 2 unspecified atom stereocenters. The molecule has 2 rings (SSSR count). The van der Waals surface area contributed by atoms with Crippen LogP contribution in [0.25, 0.3) is 0 Å². The van der Waals surface area contributed by atoms with Crippen LogP contribution < -0.4 is 4.90 Å². The molecule has 5 heteroatoms. The fourth-order valence-corrected chi connectivity index (χ4v) is 2.13. The third-order valence-electron chi connectivity index (χ3n) is 2.69. The molecular weight excluding hydrogens is 154 g/mol. The summed E-state index contributed by atoms with van der Waals surface area (Å²) in [6.45, 7) is -3.01. The molecule has 0 bridgehead atoms. The van der Waals surface area contributed by atoms with Gasteiger partial charge in [-0.1, -0.05) is 0 Å².